The largest absolute Gasteiger partial charge is 0.463 e. The van der Waals surface area contributed by atoms with Crippen LogP contribution in [0.1, 0.15) is 27.7 Å². The highest BCUT2D eigenvalue weighted by Gasteiger charge is 2.50. The topological polar surface area (TPSA) is 137 Å². The first kappa shape index (κ1) is 50.8. The Labute approximate surface area is 342 Å². The molecule has 0 bridgehead atoms. The van der Waals surface area contributed by atoms with Gasteiger partial charge in [0.2, 0.25) is 0 Å². The van der Waals surface area contributed by atoms with Gasteiger partial charge in [-0.15, -0.1) is 0 Å². The third kappa shape index (κ3) is 25.0. The van der Waals surface area contributed by atoms with Crippen LogP contribution in [0.2, 0.25) is 5.04 Å². The lowest BCUT2D eigenvalue weighted by Crippen LogP contribution is -2.66. The van der Waals surface area contributed by atoms with Crippen LogP contribution in [0.15, 0.2) is 60.7 Å². The summed E-state index contributed by atoms with van der Waals surface area (Å²) in [6.07, 6.45) is 0. The van der Waals surface area contributed by atoms with Crippen molar-refractivity contribution in [2.45, 2.75) is 32.7 Å². The first-order chi connectivity index (χ1) is 27.9. The number of carbonyl (C=O) groups excluding carboxylic acids is 1. The highest BCUT2D eigenvalue weighted by atomic mass is 28.4. The summed E-state index contributed by atoms with van der Waals surface area (Å²) in [7, 11) is -2.54. The lowest BCUT2D eigenvalue weighted by atomic mass is 10.2. The van der Waals surface area contributed by atoms with E-state index in [1.54, 1.807) is 0 Å². The standard InChI is InChI=1S/C42H70O14Si/c1-39(43)55-37-35-53-33-31-51-29-27-49-25-23-47-21-19-45-17-15-44-16-18-46-20-22-48-24-26-50-28-30-52-32-34-54-36-38-56-57(42(2,3)4,40-11-7-5-8-12-40)41-13-9-6-10-14-41/h5-14H,15-38H2,1-4H3. The molecule has 15 heteroatoms. The number of benzene rings is 2. The normalized spacial score (nSPS) is 12.0. The molecule has 0 aromatic heterocycles. The molecule has 0 aliphatic rings. The molecule has 0 unspecified atom stereocenters. The van der Waals surface area contributed by atoms with Gasteiger partial charge < -0.3 is 61.3 Å². The number of rotatable bonds is 39. The van der Waals surface area contributed by atoms with E-state index in [0.29, 0.717) is 152 Å². The quantitative estimate of drug-likeness (QED) is 0.0554. The smallest absolute Gasteiger partial charge is 0.302 e. The van der Waals surface area contributed by atoms with E-state index in [-0.39, 0.29) is 17.6 Å². The molecule has 0 spiro atoms. The van der Waals surface area contributed by atoms with Crippen LogP contribution in [0.5, 0.6) is 0 Å². The second-order valence-corrected chi connectivity index (χ2v) is 17.9. The van der Waals surface area contributed by atoms with Crippen molar-refractivity contribution in [3.05, 3.63) is 60.7 Å². The van der Waals surface area contributed by atoms with E-state index in [2.05, 4.69) is 81.4 Å². The van der Waals surface area contributed by atoms with Crippen molar-refractivity contribution >= 4 is 24.7 Å². The Morgan fingerprint density at radius 1 is 0.386 bits per heavy atom. The van der Waals surface area contributed by atoms with Crippen molar-refractivity contribution in [1.29, 1.82) is 0 Å². The van der Waals surface area contributed by atoms with E-state index in [0.717, 1.165) is 0 Å². The van der Waals surface area contributed by atoms with Gasteiger partial charge in [-0.3, -0.25) is 4.79 Å². The van der Waals surface area contributed by atoms with Gasteiger partial charge >= 0.3 is 5.97 Å². The monoisotopic (exact) mass is 826 g/mol. The third-order valence-electron chi connectivity index (χ3n) is 8.22. The molecule has 0 aliphatic heterocycles. The van der Waals surface area contributed by atoms with E-state index in [9.17, 15) is 4.79 Å². The average molecular weight is 827 g/mol. The van der Waals surface area contributed by atoms with Crippen LogP contribution in [0.4, 0.5) is 0 Å². The van der Waals surface area contributed by atoms with Crippen LogP contribution in [0.25, 0.3) is 0 Å². The van der Waals surface area contributed by atoms with E-state index in [4.69, 9.17) is 61.3 Å². The summed E-state index contributed by atoms with van der Waals surface area (Å²) >= 11 is 0. The van der Waals surface area contributed by atoms with Crippen LogP contribution in [-0.2, 0) is 66.1 Å². The Balaban J connectivity index is 1.27. The van der Waals surface area contributed by atoms with Crippen molar-refractivity contribution in [2.75, 3.05) is 159 Å². The van der Waals surface area contributed by atoms with E-state index >= 15 is 0 Å². The van der Waals surface area contributed by atoms with Gasteiger partial charge in [0.25, 0.3) is 8.32 Å². The molecule has 0 aliphatic carbocycles. The first-order valence-corrected chi connectivity index (χ1v) is 22.0. The Morgan fingerprint density at radius 2 is 0.614 bits per heavy atom. The predicted octanol–water partition coefficient (Wildman–Crippen LogP) is 3.31. The van der Waals surface area contributed by atoms with Crippen LogP contribution in [0.3, 0.4) is 0 Å². The third-order valence-corrected chi connectivity index (χ3v) is 13.3. The Kier molecular flexibility index (Phi) is 30.7. The summed E-state index contributed by atoms with van der Waals surface area (Å²) in [4.78, 5) is 10.6. The van der Waals surface area contributed by atoms with Gasteiger partial charge in [0, 0.05) is 6.92 Å². The van der Waals surface area contributed by atoms with Gasteiger partial charge in [-0.1, -0.05) is 81.4 Å². The fourth-order valence-corrected chi connectivity index (χ4v) is 10.1. The molecule has 0 amide bonds. The summed E-state index contributed by atoms with van der Waals surface area (Å²) in [5, 5.41) is 2.47. The molecule has 0 fully saturated rings. The number of esters is 1. The number of hydrogen-bond donors (Lipinski definition) is 0. The Morgan fingerprint density at radius 3 is 0.842 bits per heavy atom. The summed E-state index contributed by atoms with van der Waals surface area (Å²) < 4.78 is 72.4. The summed E-state index contributed by atoms with van der Waals surface area (Å²) in [5.41, 5.74) is 0. The molecule has 2 aromatic rings. The maximum absolute atomic E-state index is 10.6. The molecule has 0 saturated carbocycles. The molecule has 0 radical (unpaired) electrons. The van der Waals surface area contributed by atoms with Gasteiger partial charge in [-0.05, 0) is 15.4 Å². The van der Waals surface area contributed by atoms with E-state index < -0.39 is 8.32 Å². The number of carbonyl (C=O) groups is 1. The van der Waals surface area contributed by atoms with E-state index in [1.807, 2.05) is 0 Å². The molecule has 2 rings (SSSR count). The van der Waals surface area contributed by atoms with Crippen molar-refractivity contribution in [3.63, 3.8) is 0 Å². The van der Waals surface area contributed by atoms with Crippen LogP contribution >= 0.6 is 0 Å². The van der Waals surface area contributed by atoms with Crippen LogP contribution in [0, 0.1) is 0 Å². The van der Waals surface area contributed by atoms with Gasteiger partial charge in [-0.25, -0.2) is 0 Å². The maximum atomic E-state index is 10.6. The second kappa shape index (κ2) is 34.5. The van der Waals surface area contributed by atoms with Crippen LogP contribution < -0.4 is 10.4 Å². The molecule has 2 aromatic carbocycles. The second-order valence-electron chi connectivity index (χ2n) is 13.6. The van der Waals surface area contributed by atoms with Crippen molar-refractivity contribution in [2.24, 2.45) is 0 Å². The Bertz CT molecular complexity index is 1150. The SMILES string of the molecule is CC(=O)OCCOCCOCCOCCOCCOCCOCCOCCOCCOCCOCCOCCO[Si](c1ccccc1)(c1ccccc1)C(C)(C)C. The zero-order valence-corrected chi connectivity index (χ0v) is 36.0. The molecule has 326 valence electrons. The number of ether oxygens (including phenoxy) is 12. The zero-order chi connectivity index (χ0) is 41.0. The fraction of sp³-hybridized carbons (Fsp3) is 0.690. The summed E-state index contributed by atoms with van der Waals surface area (Å²) in [6, 6.07) is 21.3. The lowest BCUT2D eigenvalue weighted by molar-refractivity contribution is -0.142. The average Bonchev–Trinajstić information content (AvgIpc) is 3.20. The molecule has 0 atom stereocenters. The van der Waals surface area contributed by atoms with Gasteiger partial charge in [0.1, 0.15) is 6.61 Å². The first-order valence-electron chi connectivity index (χ1n) is 20.1. The minimum Gasteiger partial charge on any atom is -0.463 e. The molecule has 0 heterocycles. The van der Waals surface area contributed by atoms with Gasteiger partial charge in [0.05, 0.1) is 152 Å². The van der Waals surface area contributed by atoms with Gasteiger partial charge in [0.15, 0.2) is 0 Å². The van der Waals surface area contributed by atoms with Gasteiger partial charge in [-0.2, -0.15) is 0 Å². The molecule has 57 heavy (non-hydrogen) atoms. The maximum Gasteiger partial charge on any atom is 0.302 e. The highest BCUT2D eigenvalue weighted by molar-refractivity contribution is 6.99. The molecule has 0 N–H and O–H groups in total. The minimum atomic E-state index is -2.54. The van der Waals surface area contributed by atoms with E-state index in [1.165, 1.54) is 17.3 Å². The summed E-state index contributed by atoms with van der Waals surface area (Å²) in [6.45, 7) is 19.6. The highest BCUT2D eigenvalue weighted by Crippen LogP contribution is 2.36. The Hall–Kier alpha value is -2.35. The fourth-order valence-electron chi connectivity index (χ4n) is 5.56. The molecule has 0 saturated heterocycles. The molecular weight excluding hydrogens is 757 g/mol. The molecular formula is C42H70O14Si. The van der Waals surface area contributed by atoms with Crippen LogP contribution in [-0.4, -0.2) is 173 Å². The minimum absolute atomic E-state index is 0.0610. The number of hydrogen-bond acceptors (Lipinski definition) is 14. The zero-order valence-electron chi connectivity index (χ0n) is 35.0. The van der Waals surface area contributed by atoms with Crippen molar-refractivity contribution < 1.29 is 66.1 Å². The predicted molar refractivity (Wildman–Crippen MR) is 219 cm³/mol. The lowest BCUT2D eigenvalue weighted by Gasteiger charge is -2.43. The van der Waals surface area contributed by atoms with Crippen molar-refractivity contribution in [1.82, 2.24) is 0 Å². The van der Waals surface area contributed by atoms with Crippen molar-refractivity contribution in [3.8, 4) is 0 Å². The molecule has 14 nitrogen and oxygen atoms in total. The summed E-state index contributed by atoms with van der Waals surface area (Å²) in [5.74, 6) is -0.312.